The molecule has 168 valence electrons. The molecule has 7 nitrogen and oxygen atoms in total. The number of ether oxygens (including phenoxy) is 2. The number of imide groups is 1. The van der Waals surface area contributed by atoms with Crippen LogP contribution in [0, 0.1) is 0 Å². The molecule has 2 aliphatic heterocycles. The van der Waals surface area contributed by atoms with Crippen LogP contribution in [-0.4, -0.2) is 65.7 Å². The third-order valence-corrected chi connectivity index (χ3v) is 5.68. The molecule has 0 bridgehead atoms. The number of carbonyl (C=O) groups excluding carboxylic acids is 3. The summed E-state index contributed by atoms with van der Waals surface area (Å²) in [7, 11) is 0. The first-order valence-corrected chi connectivity index (χ1v) is 10.8. The highest BCUT2D eigenvalue weighted by Gasteiger charge is 2.40. The van der Waals surface area contributed by atoms with Crippen molar-refractivity contribution >= 4 is 17.9 Å². The van der Waals surface area contributed by atoms with Crippen LogP contribution in [0.2, 0.25) is 0 Å². The Morgan fingerprint density at radius 2 is 1.59 bits per heavy atom. The van der Waals surface area contributed by atoms with E-state index < -0.39 is 17.8 Å². The summed E-state index contributed by atoms with van der Waals surface area (Å²) < 4.78 is 11.7. The van der Waals surface area contributed by atoms with Crippen LogP contribution in [0.25, 0.3) is 0 Å². The van der Waals surface area contributed by atoms with E-state index in [4.69, 9.17) is 9.47 Å². The van der Waals surface area contributed by atoms with Gasteiger partial charge in [-0.1, -0.05) is 42.5 Å². The molecule has 2 aromatic rings. The van der Waals surface area contributed by atoms with Gasteiger partial charge in [-0.25, -0.2) is 4.79 Å². The molecular formula is C25H28N2O5. The molecule has 2 atom stereocenters. The largest absolute Gasteiger partial charge is 0.444 e. The maximum Gasteiger partial charge on any atom is 0.410 e. The van der Waals surface area contributed by atoms with Crippen molar-refractivity contribution < 1.29 is 23.9 Å². The average molecular weight is 437 g/mol. The molecular weight excluding hydrogens is 408 g/mol. The van der Waals surface area contributed by atoms with E-state index in [0.29, 0.717) is 24.2 Å². The van der Waals surface area contributed by atoms with Crippen molar-refractivity contribution in [3.63, 3.8) is 0 Å². The fourth-order valence-electron chi connectivity index (χ4n) is 4.15. The molecule has 0 saturated carbocycles. The highest BCUT2D eigenvalue weighted by Crippen LogP contribution is 2.30. The number of carbonyl (C=O) groups is 3. The number of rotatable bonds is 3. The lowest BCUT2D eigenvalue weighted by Gasteiger charge is -2.31. The minimum atomic E-state index is -0.605. The van der Waals surface area contributed by atoms with Gasteiger partial charge in [-0.3, -0.25) is 14.5 Å². The van der Waals surface area contributed by atoms with Crippen LogP contribution in [0.5, 0.6) is 0 Å². The van der Waals surface area contributed by atoms with Gasteiger partial charge in [0, 0.05) is 19.0 Å². The van der Waals surface area contributed by atoms with Gasteiger partial charge in [0.15, 0.2) is 0 Å². The summed E-state index contributed by atoms with van der Waals surface area (Å²) >= 11 is 0. The summed E-state index contributed by atoms with van der Waals surface area (Å²) in [6.45, 7) is 6.64. The Labute approximate surface area is 187 Å². The molecule has 3 amide bonds. The van der Waals surface area contributed by atoms with Gasteiger partial charge < -0.3 is 14.4 Å². The molecule has 4 rings (SSSR count). The van der Waals surface area contributed by atoms with Crippen LogP contribution in [-0.2, 0) is 9.47 Å². The van der Waals surface area contributed by atoms with Crippen molar-refractivity contribution in [1.29, 1.82) is 0 Å². The van der Waals surface area contributed by atoms with Crippen molar-refractivity contribution in [2.45, 2.75) is 38.4 Å². The standard InChI is InChI=1S/C25H28N2O5/c1-25(2,3)32-24(30)26-13-14-31-21(20(15-26)17-9-5-4-6-10-17)16-27-22(28)18-11-7-8-12-19(18)23(27)29/h4-12,20-21H,13-16H2,1-3H3/t20?,21-/m1/s1. The molecule has 1 unspecified atom stereocenters. The summed E-state index contributed by atoms with van der Waals surface area (Å²) in [6.07, 6.45) is -0.851. The summed E-state index contributed by atoms with van der Waals surface area (Å²) in [4.78, 5) is 41.5. The Balaban J connectivity index is 1.59. The number of hydrogen-bond donors (Lipinski definition) is 0. The fourth-order valence-corrected chi connectivity index (χ4v) is 4.15. The summed E-state index contributed by atoms with van der Waals surface area (Å²) in [5, 5.41) is 0. The Morgan fingerprint density at radius 1 is 1.00 bits per heavy atom. The molecule has 0 aliphatic carbocycles. The van der Waals surface area contributed by atoms with Crippen molar-refractivity contribution in [2.75, 3.05) is 26.2 Å². The Morgan fingerprint density at radius 3 is 2.19 bits per heavy atom. The SMILES string of the molecule is CC(C)(C)OC(=O)N1CCO[C@H](CN2C(=O)c3ccccc3C2=O)C(c2ccccc2)C1. The third kappa shape index (κ3) is 4.53. The predicted molar refractivity (Wildman–Crippen MR) is 119 cm³/mol. The smallest absolute Gasteiger partial charge is 0.410 e. The molecule has 0 radical (unpaired) electrons. The highest BCUT2D eigenvalue weighted by atomic mass is 16.6. The number of hydrogen-bond acceptors (Lipinski definition) is 5. The van der Waals surface area contributed by atoms with Gasteiger partial charge in [-0.2, -0.15) is 0 Å². The van der Waals surface area contributed by atoms with Gasteiger partial charge in [0.2, 0.25) is 0 Å². The van der Waals surface area contributed by atoms with Crippen LogP contribution in [0.4, 0.5) is 4.79 Å². The molecule has 0 N–H and O–H groups in total. The highest BCUT2D eigenvalue weighted by molar-refractivity contribution is 6.21. The van der Waals surface area contributed by atoms with Crippen LogP contribution in [0.1, 0.15) is 53.0 Å². The number of amides is 3. The molecule has 1 fully saturated rings. The van der Waals surface area contributed by atoms with E-state index in [1.165, 1.54) is 4.90 Å². The van der Waals surface area contributed by atoms with Crippen molar-refractivity contribution in [1.82, 2.24) is 9.80 Å². The van der Waals surface area contributed by atoms with E-state index in [1.54, 1.807) is 29.2 Å². The quantitative estimate of drug-likeness (QED) is 0.686. The summed E-state index contributed by atoms with van der Waals surface area (Å²) in [5.41, 5.74) is 1.20. The number of benzene rings is 2. The zero-order valence-electron chi connectivity index (χ0n) is 18.6. The minimum absolute atomic E-state index is 0.119. The van der Waals surface area contributed by atoms with Crippen LogP contribution >= 0.6 is 0 Å². The van der Waals surface area contributed by atoms with Crippen molar-refractivity contribution in [2.24, 2.45) is 0 Å². The van der Waals surface area contributed by atoms with Crippen LogP contribution in [0.3, 0.4) is 0 Å². The lowest BCUT2D eigenvalue weighted by Crippen LogP contribution is -2.43. The van der Waals surface area contributed by atoms with E-state index in [0.717, 1.165) is 5.56 Å². The molecule has 0 spiro atoms. The van der Waals surface area contributed by atoms with E-state index in [1.807, 2.05) is 51.1 Å². The molecule has 2 aliphatic rings. The van der Waals surface area contributed by atoms with Crippen molar-refractivity contribution in [3.05, 3.63) is 71.3 Å². The third-order valence-electron chi connectivity index (χ3n) is 5.68. The van der Waals surface area contributed by atoms with E-state index in [2.05, 4.69) is 0 Å². The molecule has 2 aromatic carbocycles. The summed E-state index contributed by atoms with van der Waals surface area (Å²) in [5.74, 6) is -0.848. The maximum absolute atomic E-state index is 12.9. The zero-order chi connectivity index (χ0) is 22.9. The van der Waals surface area contributed by atoms with Gasteiger partial charge in [0.1, 0.15) is 5.60 Å². The Hall–Kier alpha value is -3.19. The van der Waals surface area contributed by atoms with E-state index in [9.17, 15) is 14.4 Å². The minimum Gasteiger partial charge on any atom is -0.444 e. The molecule has 0 aromatic heterocycles. The van der Waals surface area contributed by atoms with E-state index in [-0.39, 0.29) is 30.9 Å². The normalized spacial score (nSPS) is 21.3. The van der Waals surface area contributed by atoms with Gasteiger partial charge >= 0.3 is 6.09 Å². The fraction of sp³-hybridized carbons (Fsp3) is 0.400. The first-order valence-electron chi connectivity index (χ1n) is 10.8. The predicted octanol–water partition coefficient (Wildman–Crippen LogP) is 3.70. The second-order valence-corrected chi connectivity index (χ2v) is 9.12. The summed E-state index contributed by atoms with van der Waals surface area (Å²) in [6, 6.07) is 16.6. The molecule has 32 heavy (non-hydrogen) atoms. The number of nitrogens with zero attached hydrogens (tertiary/aromatic N) is 2. The topological polar surface area (TPSA) is 76.2 Å². The molecule has 1 saturated heterocycles. The van der Waals surface area contributed by atoms with Gasteiger partial charge in [0.05, 0.1) is 30.4 Å². The first-order chi connectivity index (χ1) is 15.2. The van der Waals surface area contributed by atoms with Crippen molar-refractivity contribution in [3.8, 4) is 0 Å². The second kappa shape index (κ2) is 8.74. The number of fused-ring (bicyclic) bond motifs is 1. The van der Waals surface area contributed by atoms with Gasteiger partial charge in [-0.05, 0) is 38.5 Å². The van der Waals surface area contributed by atoms with Crippen LogP contribution in [0.15, 0.2) is 54.6 Å². The molecule has 7 heteroatoms. The zero-order valence-corrected chi connectivity index (χ0v) is 18.6. The lowest BCUT2D eigenvalue weighted by atomic mass is 9.92. The van der Waals surface area contributed by atoms with Gasteiger partial charge in [-0.15, -0.1) is 0 Å². The second-order valence-electron chi connectivity index (χ2n) is 9.12. The van der Waals surface area contributed by atoms with E-state index >= 15 is 0 Å². The first kappa shape index (κ1) is 22.0. The monoisotopic (exact) mass is 436 g/mol. The Bertz CT molecular complexity index is 979. The average Bonchev–Trinajstić information content (AvgIpc) is 2.91. The van der Waals surface area contributed by atoms with Gasteiger partial charge in [0.25, 0.3) is 11.8 Å². The van der Waals surface area contributed by atoms with Crippen LogP contribution < -0.4 is 0 Å². The molecule has 2 heterocycles. The maximum atomic E-state index is 12.9. The Kier molecular flexibility index (Phi) is 6.02. The lowest BCUT2D eigenvalue weighted by molar-refractivity contribution is 0.0196.